The second-order valence-electron chi connectivity index (χ2n) is 9.09. The predicted octanol–water partition coefficient (Wildman–Crippen LogP) is 4.96. The third-order valence-corrected chi connectivity index (χ3v) is 8.06. The van der Waals surface area contributed by atoms with Gasteiger partial charge in [-0.3, -0.25) is 4.90 Å². The van der Waals surface area contributed by atoms with Gasteiger partial charge in [0, 0.05) is 12.6 Å². The molecular weight excluding hydrogens is 464 g/mol. The van der Waals surface area contributed by atoms with Crippen LogP contribution in [-0.2, 0) is 10.0 Å². The average molecular weight is 495 g/mol. The van der Waals surface area contributed by atoms with Crippen LogP contribution in [0.15, 0.2) is 77.7 Å². The van der Waals surface area contributed by atoms with E-state index in [9.17, 15) is 8.42 Å². The molecule has 0 amide bonds. The first-order valence-electron chi connectivity index (χ1n) is 11.9. The van der Waals surface area contributed by atoms with E-state index in [0.717, 1.165) is 37.2 Å². The minimum Gasteiger partial charge on any atom is -0.457 e. The van der Waals surface area contributed by atoms with E-state index in [1.807, 2.05) is 48.5 Å². The summed E-state index contributed by atoms with van der Waals surface area (Å²) in [4.78, 5) is 2.56. The van der Waals surface area contributed by atoms with Crippen molar-refractivity contribution in [1.82, 2.24) is 9.62 Å². The number of nitrogens with zero attached hydrogens (tertiary/aromatic N) is 1. The first kappa shape index (κ1) is 23.7. The number of sulfonamides is 1. The molecule has 1 N–H and O–H groups in total. The summed E-state index contributed by atoms with van der Waals surface area (Å²) in [6.07, 6.45) is 2.19. The molecule has 0 radical (unpaired) electrons. The number of likely N-dealkylation sites (tertiary alicyclic amines) is 1. The average Bonchev–Trinajstić information content (AvgIpc) is 3.34. The summed E-state index contributed by atoms with van der Waals surface area (Å²) in [5.74, 6) is 3.38. The normalized spacial score (nSPS) is 17.3. The highest BCUT2D eigenvalue weighted by Gasteiger charge is 2.28. The van der Waals surface area contributed by atoms with Crippen LogP contribution in [0.4, 0.5) is 0 Å². The first-order valence-corrected chi connectivity index (χ1v) is 13.4. The SMILES string of the molecule is CC1CCN(C(CNS(=O)(=O)c2ccc(Oc3ccccc3)cc2)c2ccc3c(c2)OCO3)CC1. The highest BCUT2D eigenvalue weighted by atomic mass is 32.2. The van der Waals surface area contributed by atoms with Gasteiger partial charge < -0.3 is 14.2 Å². The van der Waals surface area contributed by atoms with Crippen LogP contribution in [0.2, 0.25) is 0 Å². The molecule has 0 aliphatic carbocycles. The number of ether oxygens (including phenoxy) is 3. The second-order valence-corrected chi connectivity index (χ2v) is 10.9. The zero-order valence-corrected chi connectivity index (χ0v) is 20.5. The summed E-state index contributed by atoms with van der Waals surface area (Å²) in [5.41, 5.74) is 1.01. The van der Waals surface area contributed by atoms with Crippen LogP contribution < -0.4 is 18.9 Å². The van der Waals surface area contributed by atoms with Gasteiger partial charge in [0.2, 0.25) is 16.8 Å². The highest BCUT2D eigenvalue weighted by molar-refractivity contribution is 7.89. The Kier molecular flexibility index (Phi) is 6.95. The summed E-state index contributed by atoms with van der Waals surface area (Å²) in [6, 6.07) is 21.6. The fourth-order valence-electron chi connectivity index (χ4n) is 4.50. The lowest BCUT2D eigenvalue weighted by Gasteiger charge is -2.37. The number of nitrogens with one attached hydrogen (secondary N) is 1. The Morgan fingerprint density at radius 2 is 1.63 bits per heavy atom. The third-order valence-electron chi connectivity index (χ3n) is 6.62. The topological polar surface area (TPSA) is 77.1 Å². The van der Waals surface area contributed by atoms with Crippen LogP contribution in [0.3, 0.4) is 0 Å². The fraction of sp³-hybridized carbons (Fsp3) is 0.333. The van der Waals surface area contributed by atoms with Crippen LogP contribution in [0.5, 0.6) is 23.0 Å². The summed E-state index contributed by atoms with van der Waals surface area (Å²) in [5, 5.41) is 0. The number of fused-ring (bicyclic) bond motifs is 1. The minimum atomic E-state index is -3.70. The zero-order valence-electron chi connectivity index (χ0n) is 19.7. The van der Waals surface area contributed by atoms with E-state index in [4.69, 9.17) is 14.2 Å². The van der Waals surface area contributed by atoms with Gasteiger partial charge in [-0.15, -0.1) is 0 Å². The lowest BCUT2D eigenvalue weighted by atomic mass is 9.95. The van der Waals surface area contributed by atoms with Gasteiger partial charge in [0.05, 0.1) is 4.90 Å². The fourth-order valence-corrected chi connectivity index (χ4v) is 5.54. The summed E-state index contributed by atoms with van der Waals surface area (Å²) < 4.78 is 45.9. The Morgan fingerprint density at radius 3 is 2.37 bits per heavy atom. The molecule has 0 saturated carbocycles. The molecule has 8 heteroatoms. The maximum absolute atomic E-state index is 13.1. The van der Waals surface area contributed by atoms with Crippen LogP contribution in [0, 0.1) is 5.92 Å². The number of rotatable bonds is 8. The lowest BCUT2D eigenvalue weighted by molar-refractivity contribution is 0.138. The maximum Gasteiger partial charge on any atom is 0.240 e. The summed E-state index contributed by atoms with van der Waals surface area (Å²) in [6.45, 7) is 4.59. The van der Waals surface area contributed by atoms with Gasteiger partial charge in [-0.1, -0.05) is 31.2 Å². The van der Waals surface area contributed by atoms with Crippen molar-refractivity contribution in [1.29, 1.82) is 0 Å². The molecule has 2 aliphatic heterocycles. The Bertz CT molecular complexity index is 1240. The minimum absolute atomic E-state index is 0.104. The zero-order chi connectivity index (χ0) is 24.3. The molecule has 0 aromatic heterocycles. The molecule has 1 fully saturated rings. The van der Waals surface area contributed by atoms with Crippen molar-refractivity contribution < 1.29 is 22.6 Å². The predicted molar refractivity (Wildman–Crippen MR) is 133 cm³/mol. The van der Waals surface area contributed by atoms with Gasteiger partial charge in [-0.2, -0.15) is 0 Å². The van der Waals surface area contributed by atoms with E-state index in [2.05, 4.69) is 16.5 Å². The molecule has 0 spiro atoms. The van der Waals surface area contributed by atoms with E-state index in [1.165, 1.54) is 0 Å². The molecule has 1 atom stereocenters. The number of piperidine rings is 1. The molecule has 35 heavy (non-hydrogen) atoms. The second kappa shape index (κ2) is 10.3. The van der Waals surface area contributed by atoms with E-state index >= 15 is 0 Å². The summed E-state index contributed by atoms with van der Waals surface area (Å²) >= 11 is 0. The van der Waals surface area contributed by atoms with E-state index in [1.54, 1.807) is 24.3 Å². The highest BCUT2D eigenvalue weighted by Crippen LogP contribution is 2.36. The van der Waals surface area contributed by atoms with Gasteiger partial charge in [0.25, 0.3) is 0 Å². The van der Waals surface area contributed by atoms with Crippen LogP contribution >= 0.6 is 0 Å². The largest absolute Gasteiger partial charge is 0.457 e. The first-order chi connectivity index (χ1) is 17.0. The van der Waals surface area contributed by atoms with E-state index in [-0.39, 0.29) is 24.3 Å². The van der Waals surface area contributed by atoms with Crippen molar-refractivity contribution in [2.75, 3.05) is 26.4 Å². The van der Waals surface area contributed by atoms with Crippen molar-refractivity contribution in [2.45, 2.75) is 30.7 Å². The molecule has 2 aliphatic rings. The molecule has 0 bridgehead atoms. The lowest BCUT2D eigenvalue weighted by Crippen LogP contribution is -2.41. The van der Waals surface area contributed by atoms with Gasteiger partial charge in [-0.25, -0.2) is 13.1 Å². The Labute approximate surface area is 206 Å². The number of para-hydroxylation sites is 1. The molecule has 5 rings (SSSR count). The molecule has 184 valence electrons. The molecule has 1 unspecified atom stereocenters. The van der Waals surface area contributed by atoms with Gasteiger partial charge in [0.15, 0.2) is 11.5 Å². The van der Waals surface area contributed by atoms with Crippen molar-refractivity contribution in [3.63, 3.8) is 0 Å². The van der Waals surface area contributed by atoms with E-state index < -0.39 is 10.0 Å². The van der Waals surface area contributed by atoms with Crippen LogP contribution in [-0.4, -0.2) is 39.7 Å². The van der Waals surface area contributed by atoms with Crippen LogP contribution in [0.25, 0.3) is 0 Å². The maximum atomic E-state index is 13.1. The third kappa shape index (κ3) is 5.61. The molecular formula is C27H30N2O5S. The van der Waals surface area contributed by atoms with Crippen LogP contribution in [0.1, 0.15) is 31.4 Å². The van der Waals surface area contributed by atoms with Crippen molar-refractivity contribution in [3.8, 4) is 23.0 Å². The molecule has 3 aromatic carbocycles. The number of hydrogen-bond acceptors (Lipinski definition) is 6. The van der Waals surface area contributed by atoms with Crippen molar-refractivity contribution in [3.05, 3.63) is 78.4 Å². The Morgan fingerprint density at radius 1 is 0.943 bits per heavy atom. The summed E-state index contributed by atoms with van der Waals surface area (Å²) in [7, 11) is -3.70. The van der Waals surface area contributed by atoms with Gasteiger partial charge in [-0.05, 0) is 85.9 Å². The molecule has 2 heterocycles. The monoisotopic (exact) mass is 494 g/mol. The Hall–Kier alpha value is -3.07. The quantitative estimate of drug-likeness (QED) is 0.477. The van der Waals surface area contributed by atoms with Crippen molar-refractivity contribution >= 4 is 10.0 Å². The van der Waals surface area contributed by atoms with Gasteiger partial charge in [0.1, 0.15) is 11.5 Å². The van der Waals surface area contributed by atoms with Crippen molar-refractivity contribution in [2.24, 2.45) is 5.92 Å². The smallest absolute Gasteiger partial charge is 0.240 e. The standard InChI is InChI=1S/C27H30N2O5S/c1-20-13-15-29(16-14-20)25(21-7-12-26-27(17-21)33-19-32-26)18-28-35(30,31)24-10-8-23(9-11-24)34-22-5-3-2-4-6-22/h2-12,17,20,25,28H,13-16,18-19H2,1H3. The number of hydrogen-bond donors (Lipinski definition) is 1. The molecule has 3 aromatic rings. The van der Waals surface area contributed by atoms with Gasteiger partial charge >= 0.3 is 0 Å². The van der Waals surface area contributed by atoms with E-state index in [0.29, 0.717) is 23.2 Å². The molecule has 1 saturated heterocycles. The molecule has 7 nitrogen and oxygen atoms in total. The number of benzene rings is 3. The Balaban J connectivity index is 1.31.